The van der Waals surface area contributed by atoms with Gasteiger partial charge >= 0.3 is 16.2 Å². The predicted octanol–water partition coefficient (Wildman–Crippen LogP) is 3.08. The van der Waals surface area contributed by atoms with E-state index >= 15 is 4.39 Å². The fraction of sp³-hybridized carbons (Fsp3) is 0.417. The van der Waals surface area contributed by atoms with Crippen molar-refractivity contribution in [3.8, 4) is 0 Å². The van der Waals surface area contributed by atoms with Gasteiger partial charge in [0.25, 0.3) is 0 Å². The van der Waals surface area contributed by atoms with E-state index in [1.54, 1.807) is 0 Å². The van der Waals surface area contributed by atoms with Crippen LogP contribution in [-0.4, -0.2) is 65.7 Å². The Morgan fingerprint density at radius 3 is 2.59 bits per heavy atom. The van der Waals surface area contributed by atoms with Crippen LogP contribution < -0.4 is 10.0 Å². The molecule has 1 aliphatic heterocycles. The van der Waals surface area contributed by atoms with Gasteiger partial charge in [0, 0.05) is 19.3 Å². The molecular formula is C24H29FN6O5S. The molecule has 0 aliphatic carbocycles. The fourth-order valence-electron chi connectivity index (χ4n) is 4.31. The summed E-state index contributed by atoms with van der Waals surface area (Å²) >= 11 is 0. The van der Waals surface area contributed by atoms with E-state index in [9.17, 15) is 18.0 Å². The molecular weight excluding hydrogens is 503 g/mol. The minimum absolute atomic E-state index is 0.0599. The Labute approximate surface area is 214 Å². The number of halogens is 1. The van der Waals surface area contributed by atoms with Crippen LogP contribution in [-0.2, 0) is 19.7 Å². The van der Waals surface area contributed by atoms with E-state index < -0.39 is 33.8 Å². The van der Waals surface area contributed by atoms with Crippen molar-refractivity contribution >= 4 is 44.5 Å². The Morgan fingerprint density at radius 2 is 1.92 bits per heavy atom. The third-order valence-electron chi connectivity index (χ3n) is 6.11. The summed E-state index contributed by atoms with van der Waals surface area (Å²) in [6, 6.07) is 3.20. The number of ketones is 1. The van der Waals surface area contributed by atoms with Gasteiger partial charge in [-0.15, -0.1) is 0 Å². The van der Waals surface area contributed by atoms with Crippen LogP contribution in [0, 0.1) is 11.7 Å². The van der Waals surface area contributed by atoms with Crippen molar-refractivity contribution < 1.29 is 27.1 Å². The standard InChI is InChI=1S/C24H29FN6O5S/c1-14(2)11-18(24(33)36-3)29-23-19-16(12-26-22(19)27-13-28-23)21(32)15-7-6-8-17(20(15)25)30-37(34,35)31-9-4-5-10-31/h6-8,12-14,18,30H,4-5,9-11H2,1-3H3,(H2,26,27,28,29). The van der Waals surface area contributed by atoms with Crippen molar-refractivity contribution in [1.29, 1.82) is 0 Å². The molecule has 3 N–H and O–H groups in total. The number of fused-ring (bicyclic) bond motifs is 1. The van der Waals surface area contributed by atoms with Crippen LogP contribution in [0.2, 0.25) is 0 Å². The summed E-state index contributed by atoms with van der Waals surface area (Å²) in [6.45, 7) is 4.60. The van der Waals surface area contributed by atoms with Crippen LogP contribution in [0.5, 0.6) is 0 Å². The van der Waals surface area contributed by atoms with Gasteiger partial charge in [-0.3, -0.25) is 9.52 Å². The van der Waals surface area contributed by atoms with E-state index in [0.717, 1.165) is 12.8 Å². The lowest BCUT2D eigenvalue weighted by Gasteiger charge is -2.19. The zero-order valence-electron chi connectivity index (χ0n) is 20.7. The number of nitrogens with zero attached hydrogens (tertiary/aromatic N) is 3. The van der Waals surface area contributed by atoms with Crippen molar-refractivity contribution in [2.75, 3.05) is 30.2 Å². The van der Waals surface area contributed by atoms with Gasteiger partial charge in [0.15, 0.2) is 11.6 Å². The third kappa shape index (κ3) is 5.57. The lowest BCUT2D eigenvalue weighted by Crippen LogP contribution is -2.33. The number of H-pyrrole nitrogens is 1. The molecule has 0 amide bonds. The van der Waals surface area contributed by atoms with Gasteiger partial charge in [0.1, 0.15) is 23.8 Å². The molecule has 1 aromatic carbocycles. The van der Waals surface area contributed by atoms with E-state index in [-0.39, 0.29) is 33.9 Å². The van der Waals surface area contributed by atoms with Gasteiger partial charge in [-0.25, -0.2) is 19.2 Å². The first-order valence-electron chi connectivity index (χ1n) is 11.9. The minimum atomic E-state index is -3.96. The first-order valence-corrected chi connectivity index (χ1v) is 13.3. The van der Waals surface area contributed by atoms with Gasteiger partial charge in [-0.1, -0.05) is 19.9 Å². The molecule has 4 rings (SSSR count). The quantitative estimate of drug-likeness (QED) is 0.267. The largest absolute Gasteiger partial charge is 0.467 e. The van der Waals surface area contributed by atoms with Crippen molar-refractivity contribution in [2.24, 2.45) is 5.92 Å². The number of rotatable bonds is 10. The number of methoxy groups -OCH3 is 1. The lowest BCUT2D eigenvalue weighted by atomic mass is 10.0. The molecule has 3 aromatic rings. The van der Waals surface area contributed by atoms with E-state index in [0.29, 0.717) is 25.2 Å². The highest BCUT2D eigenvalue weighted by Crippen LogP contribution is 2.29. The summed E-state index contributed by atoms with van der Waals surface area (Å²) < 4.78 is 49.1. The normalized spacial score (nSPS) is 15.2. The van der Waals surface area contributed by atoms with Crippen molar-refractivity contribution in [3.63, 3.8) is 0 Å². The van der Waals surface area contributed by atoms with Gasteiger partial charge in [-0.2, -0.15) is 12.7 Å². The molecule has 0 saturated carbocycles. The SMILES string of the molecule is COC(=O)C(CC(C)C)Nc1ncnc2[nH]cc(C(=O)c3cccc(NS(=O)(=O)N4CCCC4)c3F)c12. The number of esters is 1. The second-order valence-corrected chi connectivity index (χ2v) is 10.9. The smallest absolute Gasteiger partial charge is 0.328 e. The zero-order valence-corrected chi connectivity index (χ0v) is 21.6. The molecule has 37 heavy (non-hydrogen) atoms. The summed E-state index contributed by atoms with van der Waals surface area (Å²) in [5.74, 6) is -1.84. The number of aromatic nitrogens is 3. The van der Waals surface area contributed by atoms with E-state index in [1.165, 1.54) is 42.1 Å². The highest BCUT2D eigenvalue weighted by molar-refractivity contribution is 7.90. The maximum absolute atomic E-state index is 15.5. The van der Waals surface area contributed by atoms with Gasteiger partial charge < -0.3 is 15.0 Å². The summed E-state index contributed by atoms with van der Waals surface area (Å²) in [5.41, 5.74) is -0.288. The average molecular weight is 533 g/mol. The highest BCUT2D eigenvalue weighted by Gasteiger charge is 2.29. The molecule has 198 valence electrons. The molecule has 1 atom stereocenters. The monoisotopic (exact) mass is 532 g/mol. The van der Waals surface area contributed by atoms with Crippen LogP contribution in [0.3, 0.4) is 0 Å². The summed E-state index contributed by atoms with van der Waals surface area (Å²) in [7, 11) is -2.67. The number of anilines is 2. The van der Waals surface area contributed by atoms with Gasteiger partial charge in [0.05, 0.1) is 29.3 Å². The van der Waals surface area contributed by atoms with Crippen molar-refractivity contribution in [1.82, 2.24) is 19.3 Å². The average Bonchev–Trinajstić information content (AvgIpc) is 3.55. The van der Waals surface area contributed by atoms with E-state index in [1.807, 2.05) is 13.8 Å². The van der Waals surface area contributed by atoms with E-state index in [4.69, 9.17) is 4.74 Å². The van der Waals surface area contributed by atoms with Crippen LogP contribution in [0.25, 0.3) is 11.0 Å². The number of ether oxygens (including phenoxy) is 1. The first-order chi connectivity index (χ1) is 17.6. The zero-order chi connectivity index (χ0) is 26.7. The van der Waals surface area contributed by atoms with E-state index in [2.05, 4.69) is 25.0 Å². The number of carbonyl (C=O) groups excluding carboxylic acids is 2. The Hall–Kier alpha value is -3.58. The Kier molecular flexibility index (Phi) is 7.73. The Bertz CT molecular complexity index is 1420. The lowest BCUT2D eigenvalue weighted by molar-refractivity contribution is -0.141. The second-order valence-electron chi connectivity index (χ2n) is 9.21. The Balaban J connectivity index is 1.69. The van der Waals surface area contributed by atoms with Crippen LogP contribution in [0.4, 0.5) is 15.9 Å². The predicted molar refractivity (Wildman–Crippen MR) is 136 cm³/mol. The molecule has 3 heterocycles. The topological polar surface area (TPSA) is 146 Å². The van der Waals surface area contributed by atoms with Crippen LogP contribution in [0.1, 0.15) is 49.0 Å². The second kappa shape index (κ2) is 10.8. The molecule has 13 heteroatoms. The van der Waals surface area contributed by atoms with Gasteiger partial charge in [-0.05, 0) is 37.3 Å². The summed E-state index contributed by atoms with van der Waals surface area (Å²) in [5, 5.41) is 3.31. The highest BCUT2D eigenvalue weighted by atomic mass is 32.2. The molecule has 0 radical (unpaired) electrons. The van der Waals surface area contributed by atoms with Crippen LogP contribution >= 0.6 is 0 Å². The molecule has 1 unspecified atom stereocenters. The molecule has 1 saturated heterocycles. The molecule has 11 nitrogen and oxygen atoms in total. The summed E-state index contributed by atoms with van der Waals surface area (Å²) in [4.78, 5) is 37.1. The number of carbonyl (C=O) groups is 2. The third-order valence-corrected chi connectivity index (χ3v) is 7.63. The minimum Gasteiger partial charge on any atom is -0.467 e. The number of hydrogen-bond acceptors (Lipinski definition) is 8. The van der Waals surface area contributed by atoms with Crippen molar-refractivity contribution in [3.05, 3.63) is 47.7 Å². The maximum atomic E-state index is 15.5. The number of hydrogen-bond donors (Lipinski definition) is 3. The maximum Gasteiger partial charge on any atom is 0.328 e. The van der Waals surface area contributed by atoms with Crippen LogP contribution in [0.15, 0.2) is 30.7 Å². The number of nitrogens with one attached hydrogen (secondary N) is 3. The number of benzene rings is 1. The molecule has 0 bridgehead atoms. The number of aromatic amines is 1. The summed E-state index contributed by atoms with van der Waals surface area (Å²) in [6.07, 6.45) is 4.56. The molecule has 2 aromatic heterocycles. The first kappa shape index (κ1) is 26.5. The van der Waals surface area contributed by atoms with Gasteiger partial charge in [0.2, 0.25) is 0 Å². The molecule has 1 fully saturated rings. The van der Waals surface area contributed by atoms with Crippen molar-refractivity contribution in [2.45, 2.75) is 39.2 Å². The molecule has 0 spiro atoms. The molecule has 1 aliphatic rings. The Morgan fingerprint density at radius 1 is 1.19 bits per heavy atom. The fourth-order valence-corrected chi connectivity index (χ4v) is 5.61.